The number of hydrogen-bond acceptors (Lipinski definition) is 7. The summed E-state index contributed by atoms with van der Waals surface area (Å²) in [5.74, 6) is 1.93. The molecular weight excluding hydrogens is 378 g/mol. The standard InChI is InChI=1S/C23H19N5O2/c1-28(14-16-9-10-20(29-2)22-17(16)7-5-11-24-22)23-26-18(13-25-27-23)21-12-15-6-3-4-8-19(15)30-21/h3-13H,14H2,1-2H3. The van der Waals surface area contributed by atoms with E-state index in [-0.39, 0.29) is 0 Å². The number of hydrogen-bond donors (Lipinski definition) is 0. The molecule has 0 saturated carbocycles. The van der Waals surface area contributed by atoms with Crippen molar-refractivity contribution in [2.75, 3.05) is 19.1 Å². The fraction of sp³-hybridized carbons (Fsp3) is 0.130. The van der Waals surface area contributed by atoms with E-state index in [9.17, 15) is 0 Å². The predicted octanol–water partition coefficient (Wildman–Crippen LogP) is 4.48. The minimum absolute atomic E-state index is 0.515. The van der Waals surface area contributed by atoms with Crippen LogP contribution in [-0.4, -0.2) is 34.3 Å². The largest absolute Gasteiger partial charge is 0.494 e. The molecule has 0 saturated heterocycles. The second-order valence-electron chi connectivity index (χ2n) is 6.97. The topological polar surface area (TPSA) is 77.2 Å². The molecule has 5 rings (SSSR count). The van der Waals surface area contributed by atoms with Gasteiger partial charge in [-0.1, -0.05) is 30.3 Å². The van der Waals surface area contributed by atoms with Crippen molar-refractivity contribution in [3.63, 3.8) is 0 Å². The molecule has 0 unspecified atom stereocenters. The summed E-state index contributed by atoms with van der Waals surface area (Å²) in [6, 6.07) is 17.8. The zero-order valence-corrected chi connectivity index (χ0v) is 16.6. The van der Waals surface area contributed by atoms with Crippen LogP contribution in [0.4, 0.5) is 5.95 Å². The molecule has 148 valence electrons. The van der Waals surface area contributed by atoms with E-state index in [1.165, 1.54) is 0 Å². The lowest BCUT2D eigenvalue weighted by atomic mass is 10.1. The molecule has 7 heteroatoms. The van der Waals surface area contributed by atoms with Crippen LogP contribution in [0, 0.1) is 0 Å². The first-order valence-corrected chi connectivity index (χ1v) is 9.53. The zero-order chi connectivity index (χ0) is 20.5. The number of aromatic nitrogens is 4. The molecule has 0 radical (unpaired) electrons. The molecule has 30 heavy (non-hydrogen) atoms. The lowest BCUT2D eigenvalue weighted by molar-refractivity contribution is 0.419. The van der Waals surface area contributed by atoms with Gasteiger partial charge in [-0.3, -0.25) is 4.98 Å². The van der Waals surface area contributed by atoms with Crippen LogP contribution in [0.5, 0.6) is 5.75 Å². The van der Waals surface area contributed by atoms with Gasteiger partial charge in [-0.15, -0.1) is 5.10 Å². The van der Waals surface area contributed by atoms with Crippen molar-refractivity contribution in [2.45, 2.75) is 6.54 Å². The van der Waals surface area contributed by atoms with E-state index in [4.69, 9.17) is 9.15 Å². The third-order valence-corrected chi connectivity index (χ3v) is 5.02. The molecule has 0 atom stereocenters. The number of anilines is 1. The van der Waals surface area contributed by atoms with Gasteiger partial charge in [-0.2, -0.15) is 5.10 Å². The van der Waals surface area contributed by atoms with Crippen LogP contribution in [-0.2, 0) is 6.54 Å². The molecular formula is C23H19N5O2. The first kappa shape index (κ1) is 18.1. The molecule has 0 N–H and O–H groups in total. The van der Waals surface area contributed by atoms with Crippen molar-refractivity contribution in [2.24, 2.45) is 0 Å². The summed E-state index contributed by atoms with van der Waals surface area (Å²) < 4.78 is 11.4. The highest BCUT2D eigenvalue weighted by atomic mass is 16.5. The van der Waals surface area contributed by atoms with Gasteiger partial charge >= 0.3 is 0 Å². The molecule has 0 spiro atoms. The number of fused-ring (bicyclic) bond motifs is 2. The Morgan fingerprint density at radius 3 is 2.83 bits per heavy atom. The van der Waals surface area contributed by atoms with Gasteiger partial charge in [-0.05, 0) is 29.8 Å². The number of nitrogens with zero attached hydrogens (tertiary/aromatic N) is 5. The third-order valence-electron chi connectivity index (χ3n) is 5.02. The Hall–Kier alpha value is -4.00. The number of benzene rings is 2. The molecule has 0 fully saturated rings. The molecule has 7 nitrogen and oxygen atoms in total. The Bertz CT molecular complexity index is 1320. The van der Waals surface area contributed by atoms with Crippen LogP contribution in [0.15, 0.2) is 71.4 Å². The maximum atomic E-state index is 5.92. The Morgan fingerprint density at radius 1 is 1.07 bits per heavy atom. The summed E-state index contributed by atoms with van der Waals surface area (Å²) in [6.45, 7) is 0.595. The van der Waals surface area contributed by atoms with E-state index in [1.807, 2.05) is 66.5 Å². The summed E-state index contributed by atoms with van der Waals surface area (Å²) in [6.07, 6.45) is 3.38. The smallest absolute Gasteiger partial charge is 0.246 e. The van der Waals surface area contributed by atoms with Crippen LogP contribution < -0.4 is 9.64 Å². The SMILES string of the molecule is COc1ccc(CN(C)c2nncc(-c3cc4ccccc4o3)n2)c2cccnc12. The normalized spacial score (nSPS) is 11.1. The second kappa shape index (κ2) is 7.44. The van der Waals surface area contributed by atoms with Gasteiger partial charge in [0.1, 0.15) is 22.5 Å². The van der Waals surface area contributed by atoms with Crippen LogP contribution >= 0.6 is 0 Å². The van der Waals surface area contributed by atoms with E-state index < -0.39 is 0 Å². The van der Waals surface area contributed by atoms with Crippen molar-refractivity contribution >= 4 is 27.8 Å². The summed E-state index contributed by atoms with van der Waals surface area (Å²) in [7, 11) is 3.59. The van der Waals surface area contributed by atoms with Gasteiger partial charge in [0.05, 0.1) is 13.3 Å². The molecule has 0 aliphatic carbocycles. The number of methoxy groups -OCH3 is 1. The molecule has 0 aliphatic rings. The highest BCUT2D eigenvalue weighted by Crippen LogP contribution is 2.29. The molecule has 2 aromatic carbocycles. The van der Waals surface area contributed by atoms with Crippen LogP contribution in [0.25, 0.3) is 33.3 Å². The van der Waals surface area contributed by atoms with Gasteiger partial charge < -0.3 is 14.1 Å². The van der Waals surface area contributed by atoms with Crippen LogP contribution in [0.3, 0.4) is 0 Å². The highest BCUT2D eigenvalue weighted by molar-refractivity contribution is 5.87. The Balaban J connectivity index is 1.47. The molecule has 0 bridgehead atoms. The van der Waals surface area contributed by atoms with Gasteiger partial charge in [0.25, 0.3) is 0 Å². The Morgan fingerprint density at radius 2 is 1.97 bits per heavy atom. The summed E-state index contributed by atoms with van der Waals surface area (Å²) in [5.41, 5.74) is 3.39. The second-order valence-corrected chi connectivity index (χ2v) is 6.97. The van der Waals surface area contributed by atoms with Crippen LogP contribution in [0.2, 0.25) is 0 Å². The number of para-hydroxylation sites is 1. The molecule has 0 aliphatic heterocycles. The molecule has 5 aromatic rings. The van der Waals surface area contributed by atoms with Gasteiger partial charge in [-0.25, -0.2) is 4.98 Å². The average molecular weight is 397 g/mol. The number of rotatable bonds is 5. The Labute approximate surface area is 173 Å². The van der Waals surface area contributed by atoms with Gasteiger partial charge in [0.15, 0.2) is 5.76 Å². The van der Waals surface area contributed by atoms with E-state index >= 15 is 0 Å². The zero-order valence-electron chi connectivity index (χ0n) is 16.6. The summed E-state index contributed by atoms with van der Waals surface area (Å²) >= 11 is 0. The number of pyridine rings is 1. The van der Waals surface area contributed by atoms with Gasteiger partial charge in [0, 0.05) is 30.6 Å². The van der Waals surface area contributed by atoms with E-state index in [0.29, 0.717) is 23.9 Å². The minimum atomic E-state index is 0.515. The van der Waals surface area contributed by atoms with Crippen molar-refractivity contribution in [3.05, 3.63) is 72.6 Å². The average Bonchev–Trinajstić information content (AvgIpc) is 3.24. The minimum Gasteiger partial charge on any atom is -0.494 e. The predicted molar refractivity (Wildman–Crippen MR) is 115 cm³/mol. The van der Waals surface area contributed by atoms with Crippen molar-refractivity contribution < 1.29 is 9.15 Å². The number of ether oxygens (including phenoxy) is 1. The first-order chi connectivity index (χ1) is 14.7. The fourth-order valence-corrected chi connectivity index (χ4v) is 3.52. The van der Waals surface area contributed by atoms with Crippen molar-refractivity contribution in [1.29, 1.82) is 0 Å². The maximum Gasteiger partial charge on any atom is 0.246 e. The fourth-order valence-electron chi connectivity index (χ4n) is 3.52. The van der Waals surface area contributed by atoms with Crippen molar-refractivity contribution in [1.82, 2.24) is 20.2 Å². The summed E-state index contributed by atoms with van der Waals surface area (Å²) in [5, 5.41) is 10.4. The molecule has 3 heterocycles. The van der Waals surface area contributed by atoms with Gasteiger partial charge in [0.2, 0.25) is 5.95 Å². The lowest BCUT2D eigenvalue weighted by Gasteiger charge is -2.18. The maximum absolute atomic E-state index is 5.92. The van der Waals surface area contributed by atoms with E-state index in [2.05, 4.69) is 20.2 Å². The Kier molecular flexibility index (Phi) is 4.48. The van der Waals surface area contributed by atoms with E-state index in [1.54, 1.807) is 19.5 Å². The van der Waals surface area contributed by atoms with Crippen LogP contribution in [0.1, 0.15) is 5.56 Å². The quantitative estimate of drug-likeness (QED) is 0.433. The number of furan rings is 1. The first-order valence-electron chi connectivity index (χ1n) is 9.53. The van der Waals surface area contributed by atoms with E-state index in [0.717, 1.165) is 33.2 Å². The third kappa shape index (κ3) is 3.20. The highest BCUT2D eigenvalue weighted by Gasteiger charge is 2.14. The van der Waals surface area contributed by atoms with Crippen molar-refractivity contribution in [3.8, 4) is 17.2 Å². The lowest BCUT2D eigenvalue weighted by Crippen LogP contribution is -2.20. The monoisotopic (exact) mass is 397 g/mol. The summed E-state index contributed by atoms with van der Waals surface area (Å²) in [4.78, 5) is 11.1. The molecule has 0 amide bonds. The molecule has 3 aromatic heterocycles.